The van der Waals surface area contributed by atoms with Crippen molar-refractivity contribution in [2.24, 2.45) is 0 Å². The molecule has 184 valence electrons. The van der Waals surface area contributed by atoms with Crippen molar-refractivity contribution in [3.8, 4) is 0 Å². The molecule has 0 atom stereocenters. The number of hydrogen-bond donors (Lipinski definition) is 1. The van der Waals surface area contributed by atoms with Crippen LogP contribution in [-0.4, -0.2) is 47.4 Å². The van der Waals surface area contributed by atoms with Gasteiger partial charge in [-0.3, -0.25) is 24.3 Å². The van der Waals surface area contributed by atoms with Gasteiger partial charge in [-0.1, -0.05) is 70.1 Å². The number of benzene rings is 2. The minimum atomic E-state index is -0.554. The lowest BCUT2D eigenvalue weighted by Gasteiger charge is -2.24. The number of aromatic nitrogens is 1. The van der Waals surface area contributed by atoms with E-state index in [2.05, 4.69) is 10.3 Å². The summed E-state index contributed by atoms with van der Waals surface area (Å²) in [6, 6.07) is 18.6. The van der Waals surface area contributed by atoms with Crippen LogP contribution in [0.2, 0.25) is 0 Å². The number of nitrogens with zero attached hydrogens (tertiary/aromatic N) is 2. The van der Waals surface area contributed by atoms with Crippen LogP contribution < -0.4 is 10.2 Å². The molecule has 1 aliphatic heterocycles. The fraction of sp³-hybridized carbons (Fsp3) is 0.185. The monoisotopic (exact) mass is 519 g/mol. The van der Waals surface area contributed by atoms with Gasteiger partial charge in [0.15, 0.2) is 0 Å². The summed E-state index contributed by atoms with van der Waals surface area (Å²) in [6.07, 6.45) is 6.74. The van der Waals surface area contributed by atoms with Crippen molar-refractivity contribution >= 4 is 62.9 Å². The number of carbonyl (C=O) groups is 3. The predicted molar refractivity (Wildman–Crippen MR) is 146 cm³/mol. The van der Waals surface area contributed by atoms with Crippen LogP contribution in [0.5, 0.6) is 0 Å². The molecule has 0 bridgehead atoms. The summed E-state index contributed by atoms with van der Waals surface area (Å²) in [5, 5.41) is 2.83. The Bertz CT molecular complexity index is 1200. The summed E-state index contributed by atoms with van der Waals surface area (Å²) in [7, 11) is 3.12. The van der Waals surface area contributed by atoms with Gasteiger partial charge in [-0.2, -0.15) is 0 Å². The van der Waals surface area contributed by atoms with Crippen molar-refractivity contribution in [2.75, 3.05) is 29.6 Å². The molecule has 4 rings (SSSR count). The maximum atomic E-state index is 13.2. The number of carbonyl (C=O) groups excluding carboxylic acids is 3. The maximum absolute atomic E-state index is 13.2. The summed E-state index contributed by atoms with van der Waals surface area (Å²) in [5.41, 5.74) is 3.80. The molecule has 0 aliphatic carbocycles. The van der Waals surface area contributed by atoms with Crippen molar-refractivity contribution in [3.63, 3.8) is 0 Å². The molecule has 1 N–H and O–H groups in total. The molecule has 3 aromatic rings. The highest BCUT2D eigenvalue weighted by molar-refractivity contribution is 8.76. The van der Waals surface area contributed by atoms with Gasteiger partial charge < -0.3 is 10.1 Å². The Labute approximate surface area is 217 Å². The first-order valence-electron chi connectivity index (χ1n) is 11.4. The Morgan fingerprint density at radius 3 is 2.19 bits per heavy atom. The fourth-order valence-electron chi connectivity index (χ4n) is 3.61. The number of rotatable bonds is 10. The second-order valence-electron chi connectivity index (χ2n) is 7.72. The first kappa shape index (κ1) is 25.5. The largest absolute Gasteiger partial charge is 0.464 e. The van der Waals surface area contributed by atoms with Crippen molar-refractivity contribution in [3.05, 3.63) is 89.7 Å². The Balaban J connectivity index is 1.19. The van der Waals surface area contributed by atoms with Crippen LogP contribution in [0.15, 0.2) is 73.1 Å². The minimum absolute atomic E-state index is 0.155. The molecule has 1 aliphatic rings. The van der Waals surface area contributed by atoms with Gasteiger partial charge in [-0.15, -0.1) is 0 Å². The van der Waals surface area contributed by atoms with Crippen LogP contribution >= 0.6 is 21.6 Å². The zero-order chi connectivity index (χ0) is 25.2. The quantitative estimate of drug-likeness (QED) is 0.175. The summed E-state index contributed by atoms with van der Waals surface area (Å²) in [4.78, 5) is 43.1. The lowest BCUT2D eigenvalue weighted by molar-refractivity contribution is -0.145. The van der Waals surface area contributed by atoms with E-state index < -0.39 is 5.97 Å². The van der Waals surface area contributed by atoms with Gasteiger partial charge >= 0.3 is 5.97 Å². The summed E-state index contributed by atoms with van der Waals surface area (Å²) in [5.74, 6) is 0.250. The van der Waals surface area contributed by atoms with Crippen molar-refractivity contribution < 1.29 is 19.1 Å². The Morgan fingerprint density at radius 1 is 0.861 bits per heavy atom. The zero-order valence-corrected chi connectivity index (χ0v) is 21.1. The number of esters is 1. The number of fused-ring (bicyclic) bond motifs is 2. The molecular formula is C27H25N3O4S2. The number of amides is 2. The number of pyridine rings is 1. The lowest BCUT2D eigenvalue weighted by Crippen LogP contribution is -2.29. The van der Waals surface area contributed by atoms with Gasteiger partial charge in [0.25, 0.3) is 5.91 Å². The molecule has 2 amide bonds. The molecule has 2 aromatic carbocycles. The van der Waals surface area contributed by atoms with E-state index in [1.165, 1.54) is 6.20 Å². The van der Waals surface area contributed by atoms with Crippen LogP contribution in [-0.2, 0) is 14.3 Å². The van der Waals surface area contributed by atoms with Crippen LogP contribution in [0.4, 0.5) is 11.4 Å². The molecule has 0 saturated carbocycles. The highest BCUT2D eigenvalue weighted by Crippen LogP contribution is 2.36. The number of nitrogens with one attached hydrogen (secondary N) is 1. The number of anilines is 2. The Morgan fingerprint density at radius 2 is 1.53 bits per heavy atom. The van der Waals surface area contributed by atoms with Gasteiger partial charge in [0.2, 0.25) is 5.91 Å². The highest BCUT2D eigenvalue weighted by Gasteiger charge is 2.25. The molecule has 36 heavy (non-hydrogen) atoms. The van der Waals surface area contributed by atoms with E-state index in [4.69, 9.17) is 4.74 Å². The standard InChI is InChI=1S/C27H25N3O4S2/c31-25(30-23-9-3-1-6-20(23)11-12-21-7-2-4-10-24(21)30)18-26(32)34-15-17-36-35-16-14-29-27(33)22-8-5-13-28-19-22/h1-13,19H,14-18H2,(H,29,33). The molecule has 1 aromatic heterocycles. The van der Waals surface area contributed by atoms with Crippen LogP contribution in [0.25, 0.3) is 12.2 Å². The molecule has 7 nitrogen and oxygen atoms in total. The Hall–Kier alpha value is -3.56. The minimum Gasteiger partial charge on any atom is -0.464 e. The normalized spacial score (nSPS) is 11.7. The van der Waals surface area contributed by atoms with E-state index >= 15 is 0 Å². The number of ether oxygens (including phenoxy) is 1. The summed E-state index contributed by atoms with van der Waals surface area (Å²) in [6.45, 7) is 0.730. The third-order valence-corrected chi connectivity index (χ3v) is 7.62. The Kier molecular flexibility index (Phi) is 9.18. The van der Waals surface area contributed by atoms with Gasteiger partial charge in [-0.05, 0) is 35.4 Å². The topological polar surface area (TPSA) is 88.6 Å². The predicted octanol–water partition coefficient (Wildman–Crippen LogP) is 4.97. The molecule has 0 saturated heterocycles. The molecular weight excluding hydrogens is 494 g/mol. The SMILES string of the molecule is O=C(CC(=O)N1c2ccccc2C=Cc2ccccc21)OCCSSCCNC(=O)c1cccnc1. The second-order valence-corrected chi connectivity index (χ2v) is 10.4. The third kappa shape index (κ3) is 6.77. The molecule has 9 heteroatoms. The molecule has 0 unspecified atom stereocenters. The van der Waals surface area contributed by atoms with E-state index in [9.17, 15) is 14.4 Å². The van der Waals surface area contributed by atoms with Crippen molar-refractivity contribution in [2.45, 2.75) is 6.42 Å². The average Bonchev–Trinajstić information content (AvgIpc) is 3.07. The van der Waals surface area contributed by atoms with Crippen LogP contribution in [0, 0.1) is 0 Å². The third-order valence-electron chi connectivity index (χ3n) is 5.25. The maximum Gasteiger partial charge on any atom is 0.315 e. The molecule has 0 fully saturated rings. The van der Waals surface area contributed by atoms with E-state index in [1.54, 1.807) is 44.8 Å². The van der Waals surface area contributed by atoms with Crippen molar-refractivity contribution in [1.82, 2.24) is 10.3 Å². The number of hydrogen-bond acceptors (Lipinski definition) is 7. The van der Waals surface area contributed by atoms with Gasteiger partial charge in [0.05, 0.1) is 16.9 Å². The van der Waals surface area contributed by atoms with Crippen molar-refractivity contribution in [1.29, 1.82) is 0 Å². The van der Waals surface area contributed by atoms with Crippen LogP contribution in [0.3, 0.4) is 0 Å². The number of para-hydroxylation sites is 2. The van der Waals surface area contributed by atoms with E-state index in [0.717, 1.165) is 22.5 Å². The fourth-order valence-corrected chi connectivity index (χ4v) is 5.34. The first-order chi connectivity index (χ1) is 17.6. The smallest absolute Gasteiger partial charge is 0.315 e. The van der Waals surface area contributed by atoms with Crippen LogP contribution in [0.1, 0.15) is 27.9 Å². The summed E-state index contributed by atoms with van der Waals surface area (Å²) < 4.78 is 5.30. The molecule has 0 radical (unpaired) electrons. The second kappa shape index (κ2) is 12.9. The van der Waals surface area contributed by atoms with E-state index in [-0.39, 0.29) is 24.8 Å². The molecule has 2 heterocycles. The lowest BCUT2D eigenvalue weighted by atomic mass is 10.1. The first-order valence-corrected chi connectivity index (χ1v) is 13.9. The van der Waals surface area contributed by atoms with E-state index in [0.29, 0.717) is 23.6 Å². The average molecular weight is 520 g/mol. The van der Waals surface area contributed by atoms with Gasteiger partial charge in [0.1, 0.15) is 13.0 Å². The van der Waals surface area contributed by atoms with Gasteiger partial charge in [0, 0.05) is 30.4 Å². The molecule has 0 spiro atoms. The van der Waals surface area contributed by atoms with E-state index in [1.807, 2.05) is 60.7 Å². The van der Waals surface area contributed by atoms with Gasteiger partial charge in [-0.25, -0.2) is 0 Å². The summed E-state index contributed by atoms with van der Waals surface area (Å²) >= 11 is 0. The zero-order valence-electron chi connectivity index (χ0n) is 19.5. The highest BCUT2D eigenvalue weighted by atomic mass is 33.1.